The molecule has 20 heavy (non-hydrogen) atoms. The largest absolute Gasteiger partial charge is 0.329 e. The van der Waals surface area contributed by atoms with Gasteiger partial charge in [-0.1, -0.05) is 23.8 Å². The van der Waals surface area contributed by atoms with Crippen LogP contribution in [-0.4, -0.2) is 18.5 Å². The molecule has 0 aliphatic rings. The lowest BCUT2D eigenvalue weighted by Gasteiger charge is -2.28. The summed E-state index contributed by atoms with van der Waals surface area (Å²) < 4.78 is 1.18. The Hall–Kier alpha value is -0.680. The van der Waals surface area contributed by atoms with E-state index in [1.165, 1.54) is 26.0 Å². The van der Waals surface area contributed by atoms with Gasteiger partial charge >= 0.3 is 0 Å². The number of likely N-dealkylation sites (N-methyl/N-ethyl adjacent to an activating group) is 1. The molecule has 0 saturated heterocycles. The van der Waals surface area contributed by atoms with Gasteiger partial charge in [0.2, 0.25) is 0 Å². The third kappa shape index (κ3) is 3.70. The number of rotatable bonds is 5. The van der Waals surface area contributed by atoms with Crippen LogP contribution >= 0.6 is 27.3 Å². The maximum absolute atomic E-state index is 6.02. The van der Waals surface area contributed by atoms with Crippen LogP contribution in [0.1, 0.15) is 28.3 Å². The van der Waals surface area contributed by atoms with Crippen LogP contribution in [-0.2, 0) is 6.54 Å². The quantitative estimate of drug-likeness (QED) is 0.870. The topological polar surface area (TPSA) is 29.3 Å². The lowest BCUT2D eigenvalue weighted by atomic mass is 9.98. The fourth-order valence-corrected chi connectivity index (χ4v) is 3.77. The van der Waals surface area contributed by atoms with Crippen molar-refractivity contribution in [2.75, 3.05) is 13.6 Å². The third-order valence-electron chi connectivity index (χ3n) is 3.59. The molecule has 1 aromatic carbocycles. The highest BCUT2D eigenvalue weighted by molar-refractivity contribution is 9.11. The molecule has 4 heteroatoms. The van der Waals surface area contributed by atoms with Crippen LogP contribution < -0.4 is 5.73 Å². The maximum Gasteiger partial charge on any atom is 0.0701 e. The minimum absolute atomic E-state index is 0.259. The molecule has 0 amide bonds. The molecule has 0 aliphatic carbocycles. The van der Waals surface area contributed by atoms with Crippen molar-refractivity contribution >= 4 is 27.3 Å². The second-order valence-corrected chi connectivity index (χ2v) is 7.58. The van der Waals surface area contributed by atoms with Crippen LogP contribution in [0.25, 0.3) is 0 Å². The van der Waals surface area contributed by atoms with Crippen molar-refractivity contribution in [3.63, 3.8) is 0 Å². The van der Waals surface area contributed by atoms with E-state index >= 15 is 0 Å². The zero-order valence-corrected chi connectivity index (χ0v) is 14.6. The smallest absolute Gasteiger partial charge is 0.0701 e. The summed E-state index contributed by atoms with van der Waals surface area (Å²) in [5, 5.41) is 2.19. The average Bonchev–Trinajstić information content (AvgIpc) is 2.78. The van der Waals surface area contributed by atoms with E-state index in [1.807, 2.05) is 0 Å². The Kier molecular flexibility index (Phi) is 5.38. The Morgan fingerprint density at radius 3 is 2.60 bits per heavy atom. The monoisotopic (exact) mass is 352 g/mol. The van der Waals surface area contributed by atoms with E-state index in [9.17, 15) is 0 Å². The zero-order valence-electron chi connectivity index (χ0n) is 12.2. The summed E-state index contributed by atoms with van der Waals surface area (Å²) in [5.74, 6) is 0. The lowest BCUT2D eigenvalue weighted by molar-refractivity contribution is 0.241. The van der Waals surface area contributed by atoms with Crippen molar-refractivity contribution in [2.45, 2.75) is 26.4 Å². The SMILES string of the molecule is Cc1ccc(C(CN)N(C)Cc2csc(Br)c2)c(C)c1. The van der Waals surface area contributed by atoms with E-state index in [0.29, 0.717) is 6.54 Å². The normalized spacial score (nSPS) is 12.9. The number of halogens is 1. The fraction of sp³-hybridized carbons (Fsp3) is 0.375. The molecular formula is C16H21BrN2S. The number of benzene rings is 1. The van der Waals surface area contributed by atoms with Gasteiger partial charge < -0.3 is 5.73 Å². The van der Waals surface area contributed by atoms with Crippen LogP contribution in [0, 0.1) is 13.8 Å². The van der Waals surface area contributed by atoms with Crippen LogP contribution in [0.3, 0.4) is 0 Å². The van der Waals surface area contributed by atoms with Gasteiger partial charge in [-0.2, -0.15) is 0 Å². The first-order chi connectivity index (χ1) is 9.51. The van der Waals surface area contributed by atoms with Gasteiger partial charge in [0.05, 0.1) is 3.79 Å². The first-order valence-corrected chi connectivity index (χ1v) is 8.39. The second kappa shape index (κ2) is 6.85. The molecule has 2 rings (SSSR count). The molecule has 0 spiro atoms. The van der Waals surface area contributed by atoms with Gasteiger partial charge in [-0.25, -0.2) is 0 Å². The van der Waals surface area contributed by atoms with E-state index in [1.54, 1.807) is 11.3 Å². The standard InChI is InChI=1S/C16H21BrN2S/c1-11-4-5-14(12(2)6-11)15(8-18)19(3)9-13-7-16(17)20-10-13/h4-7,10,15H,8-9,18H2,1-3H3. The molecule has 108 valence electrons. The summed E-state index contributed by atoms with van der Waals surface area (Å²) in [6, 6.07) is 9.04. The van der Waals surface area contributed by atoms with Crippen molar-refractivity contribution in [1.29, 1.82) is 0 Å². The molecule has 1 atom stereocenters. The Balaban J connectivity index is 2.18. The molecule has 1 aromatic heterocycles. The molecule has 2 nitrogen and oxygen atoms in total. The lowest BCUT2D eigenvalue weighted by Crippen LogP contribution is -2.30. The first-order valence-electron chi connectivity index (χ1n) is 6.71. The molecule has 0 bridgehead atoms. The molecule has 0 saturated carbocycles. The van der Waals surface area contributed by atoms with Crippen molar-refractivity contribution in [2.24, 2.45) is 5.73 Å². The van der Waals surface area contributed by atoms with E-state index in [4.69, 9.17) is 5.73 Å². The van der Waals surface area contributed by atoms with Crippen molar-refractivity contribution in [3.05, 3.63) is 55.7 Å². The number of aryl methyl sites for hydroxylation is 2. The van der Waals surface area contributed by atoms with Crippen molar-refractivity contribution in [1.82, 2.24) is 4.90 Å². The summed E-state index contributed by atoms with van der Waals surface area (Å²) in [5.41, 5.74) is 11.3. The Bertz CT molecular complexity index is 580. The second-order valence-electron chi connectivity index (χ2n) is 5.29. The summed E-state index contributed by atoms with van der Waals surface area (Å²) in [4.78, 5) is 2.33. The molecule has 2 aromatic rings. The molecule has 0 fully saturated rings. The van der Waals surface area contributed by atoms with E-state index in [0.717, 1.165) is 6.54 Å². The highest BCUT2D eigenvalue weighted by Crippen LogP contribution is 2.27. The van der Waals surface area contributed by atoms with Gasteiger partial charge in [0.1, 0.15) is 0 Å². The number of hydrogen-bond donors (Lipinski definition) is 1. The fourth-order valence-electron chi connectivity index (χ4n) is 2.57. The molecule has 1 unspecified atom stereocenters. The Morgan fingerprint density at radius 2 is 2.05 bits per heavy atom. The average molecular weight is 353 g/mol. The summed E-state index contributed by atoms with van der Waals surface area (Å²) >= 11 is 5.24. The molecule has 1 heterocycles. The zero-order chi connectivity index (χ0) is 14.7. The summed E-state index contributed by atoms with van der Waals surface area (Å²) in [6.45, 7) is 5.84. The molecular weight excluding hydrogens is 332 g/mol. The van der Waals surface area contributed by atoms with E-state index < -0.39 is 0 Å². The highest BCUT2D eigenvalue weighted by atomic mass is 79.9. The van der Waals surface area contributed by atoms with Gasteiger partial charge in [-0.3, -0.25) is 4.90 Å². The van der Waals surface area contributed by atoms with Gasteiger partial charge in [0.25, 0.3) is 0 Å². The van der Waals surface area contributed by atoms with Gasteiger partial charge in [0.15, 0.2) is 0 Å². The van der Waals surface area contributed by atoms with Crippen LogP contribution in [0.5, 0.6) is 0 Å². The molecule has 2 N–H and O–H groups in total. The first kappa shape index (κ1) is 15.7. The van der Waals surface area contributed by atoms with Crippen LogP contribution in [0.15, 0.2) is 33.4 Å². The predicted molar refractivity (Wildman–Crippen MR) is 91.2 cm³/mol. The van der Waals surface area contributed by atoms with Gasteiger partial charge in [-0.05, 0) is 65.0 Å². The number of thiophene rings is 1. The highest BCUT2D eigenvalue weighted by Gasteiger charge is 2.18. The minimum Gasteiger partial charge on any atom is -0.329 e. The van der Waals surface area contributed by atoms with Gasteiger partial charge in [-0.15, -0.1) is 11.3 Å². The molecule has 0 radical (unpaired) electrons. The number of nitrogens with zero attached hydrogens (tertiary/aromatic N) is 1. The maximum atomic E-state index is 6.02. The number of hydrogen-bond acceptors (Lipinski definition) is 3. The van der Waals surface area contributed by atoms with Gasteiger partial charge in [0, 0.05) is 19.1 Å². The minimum atomic E-state index is 0.259. The predicted octanol–water partition coefficient (Wildman–Crippen LogP) is 4.26. The van der Waals surface area contributed by atoms with Crippen molar-refractivity contribution in [3.8, 4) is 0 Å². The third-order valence-corrected chi connectivity index (χ3v) is 5.15. The van der Waals surface area contributed by atoms with Crippen molar-refractivity contribution < 1.29 is 0 Å². The van der Waals surface area contributed by atoms with E-state index in [-0.39, 0.29) is 6.04 Å². The summed E-state index contributed by atoms with van der Waals surface area (Å²) in [7, 11) is 2.14. The van der Waals surface area contributed by atoms with E-state index in [2.05, 4.69) is 71.4 Å². The molecule has 0 aliphatic heterocycles. The Morgan fingerprint density at radius 1 is 1.30 bits per heavy atom. The number of nitrogens with two attached hydrogens (primary N) is 1. The van der Waals surface area contributed by atoms with Crippen LogP contribution in [0.2, 0.25) is 0 Å². The van der Waals surface area contributed by atoms with Crippen LogP contribution in [0.4, 0.5) is 0 Å². The summed E-state index contributed by atoms with van der Waals surface area (Å²) in [6.07, 6.45) is 0. The Labute approximate surface area is 133 Å².